The number of carbonyl (C=O) groups excluding carboxylic acids is 1. The summed E-state index contributed by atoms with van der Waals surface area (Å²) in [5.74, 6) is 0.00614. The lowest BCUT2D eigenvalue weighted by molar-refractivity contribution is 0.0996. The third-order valence-electron chi connectivity index (χ3n) is 3.87. The first kappa shape index (κ1) is 19.2. The Bertz CT molecular complexity index is 942. The van der Waals surface area contributed by atoms with Gasteiger partial charge in [-0.05, 0) is 48.4 Å². The number of benzene rings is 2. The van der Waals surface area contributed by atoms with Gasteiger partial charge in [0.1, 0.15) is 5.75 Å². The van der Waals surface area contributed by atoms with Crippen LogP contribution in [0.4, 0.5) is 10.8 Å². The van der Waals surface area contributed by atoms with Crippen LogP contribution in [0.2, 0.25) is 5.02 Å². The predicted molar refractivity (Wildman–Crippen MR) is 111 cm³/mol. The van der Waals surface area contributed by atoms with Crippen LogP contribution in [0.3, 0.4) is 0 Å². The molecule has 140 valence electrons. The molecule has 0 fully saturated rings. The van der Waals surface area contributed by atoms with E-state index in [0.29, 0.717) is 22.9 Å². The van der Waals surface area contributed by atoms with E-state index < -0.39 is 5.91 Å². The molecule has 7 heteroatoms. The summed E-state index contributed by atoms with van der Waals surface area (Å²) in [5, 5.41) is 4.61. The molecule has 0 aliphatic heterocycles. The molecule has 1 amide bonds. The molecule has 0 aliphatic rings. The smallest absolute Gasteiger partial charge is 0.252 e. The molecule has 1 heterocycles. The molecule has 0 aliphatic carbocycles. The number of unbranched alkanes of at least 4 members (excludes halogenated alkanes) is 1. The minimum absolute atomic E-state index is 0.376. The van der Waals surface area contributed by atoms with Crippen LogP contribution in [0.15, 0.2) is 48.7 Å². The Morgan fingerprint density at radius 1 is 1.30 bits per heavy atom. The topological polar surface area (TPSA) is 77.2 Å². The third-order valence-corrected chi connectivity index (χ3v) is 5.06. The number of anilines is 2. The largest absolute Gasteiger partial charge is 0.493 e. The summed E-state index contributed by atoms with van der Waals surface area (Å²) in [5.41, 5.74) is 7.63. The highest BCUT2D eigenvalue weighted by atomic mass is 35.5. The molecule has 3 aromatic rings. The molecule has 2 aromatic carbocycles. The van der Waals surface area contributed by atoms with Gasteiger partial charge in [-0.25, -0.2) is 4.98 Å². The molecule has 0 saturated carbocycles. The summed E-state index contributed by atoms with van der Waals surface area (Å²) in [6.07, 6.45) is 3.70. The molecule has 0 radical (unpaired) electrons. The van der Waals surface area contributed by atoms with Gasteiger partial charge in [0, 0.05) is 16.9 Å². The van der Waals surface area contributed by atoms with E-state index in [1.807, 2.05) is 30.3 Å². The fourth-order valence-electron chi connectivity index (χ4n) is 2.48. The Balaban J connectivity index is 1.81. The van der Waals surface area contributed by atoms with Crippen molar-refractivity contribution in [1.29, 1.82) is 0 Å². The van der Waals surface area contributed by atoms with Crippen LogP contribution in [-0.4, -0.2) is 17.5 Å². The van der Waals surface area contributed by atoms with Crippen LogP contribution in [0.5, 0.6) is 5.75 Å². The summed E-state index contributed by atoms with van der Waals surface area (Å²) < 4.78 is 5.69. The van der Waals surface area contributed by atoms with Crippen LogP contribution in [-0.2, 0) is 0 Å². The van der Waals surface area contributed by atoms with E-state index in [4.69, 9.17) is 22.1 Å². The van der Waals surface area contributed by atoms with Gasteiger partial charge in [0.2, 0.25) is 0 Å². The summed E-state index contributed by atoms with van der Waals surface area (Å²) in [6.45, 7) is 2.64. The number of ether oxygens (including phenoxy) is 1. The second kappa shape index (κ2) is 8.88. The van der Waals surface area contributed by atoms with Crippen LogP contribution >= 0.6 is 22.9 Å². The van der Waals surface area contributed by atoms with Gasteiger partial charge in [-0.15, -0.1) is 0 Å². The average molecular weight is 402 g/mol. The summed E-state index contributed by atoms with van der Waals surface area (Å²) in [6, 6.07) is 12.9. The highest BCUT2D eigenvalue weighted by Crippen LogP contribution is 2.33. The van der Waals surface area contributed by atoms with Crippen molar-refractivity contribution in [2.75, 3.05) is 11.9 Å². The zero-order chi connectivity index (χ0) is 19.2. The van der Waals surface area contributed by atoms with Crippen molar-refractivity contribution in [3.63, 3.8) is 0 Å². The lowest BCUT2D eigenvalue weighted by Gasteiger charge is -2.10. The number of aromatic nitrogens is 1. The lowest BCUT2D eigenvalue weighted by atomic mass is 10.1. The number of rotatable bonds is 8. The Hall–Kier alpha value is -2.57. The molecular formula is C20H20ClN3O2S. The number of nitrogens with one attached hydrogen (secondary N) is 1. The fourth-order valence-corrected chi connectivity index (χ4v) is 3.51. The Morgan fingerprint density at radius 2 is 2.15 bits per heavy atom. The van der Waals surface area contributed by atoms with Crippen molar-refractivity contribution in [2.24, 2.45) is 5.73 Å². The van der Waals surface area contributed by atoms with Crippen molar-refractivity contribution < 1.29 is 9.53 Å². The molecule has 0 bridgehead atoms. The Kier molecular flexibility index (Phi) is 6.32. The molecule has 0 atom stereocenters. The number of nitrogens with two attached hydrogens (primary N) is 1. The first-order valence-electron chi connectivity index (χ1n) is 8.62. The number of hydrogen-bond acceptors (Lipinski definition) is 5. The molecule has 5 nitrogen and oxygen atoms in total. The summed E-state index contributed by atoms with van der Waals surface area (Å²) in [7, 11) is 0. The molecule has 1 aromatic heterocycles. The van der Waals surface area contributed by atoms with Crippen LogP contribution in [0.1, 0.15) is 30.1 Å². The Morgan fingerprint density at radius 3 is 2.89 bits per heavy atom. The van der Waals surface area contributed by atoms with Crippen LogP contribution in [0.25, 0.3) is 10.4 Å². The van der Waals surface area contributed by atoms with Gasteiger partial charge in [0.15, 0.2) is 5.13 Å². The standard InChI is InChI=1S/C20H20ClN3O2S/c1-2-3-9-26-17-8-7-13(10-16(17)19(22)25)18-12-23-20(27-18)24-15-6-4-5-14(21)11-15/h4-8,10-12H,2-3,9H2,1H3,(H2,22,25)(H,23,24). The van der Waals surface area contributed by atoms with Crippen molar-refractivity contribution >= 4 is 39.7 Å². The van der Waals surface area contributed by atoms with E-state index in [1.54, 1.807) is 18.3 Å². The zero-order valence-electron chi connectivity index (χ0n) is 14.9. The first-order chi connectivity index (χ1) is 13.1. The molecule has 3 rings (SSSR count). The van der Waals surface area contributed by atoms with E-state index in [-0.39, 0.29) is 0 Å². The van der Waals surface area contributed by atoms with E-state index in [1.165, 1.54) is 11.3 Å². The lowest BCUT2D eigenvalue weighted by Crippen LogP contribution is -2.13. The highest BCUT2D eigenvalue weighted by molar-refractivity contribution is 7.18. The van der Waals surface area contributed by atoms with Crippen molar-refractivity contribution in [3.8, 4) is 16.2 Å². The van der Waals surface area contributed by atoms with E-state index >= 15 is 0 Å². The number of nitrogens with zero attached hydrogens (tertiary/aromatic N) is 1. The fraction of sp³-hybridized carbons (Fsp3) is 0.200. The summed E-state index contributed by atoms with van der Waals surface area (Å²) >= 11 is 7.48. The SMILES string of the molecule is CCCCOc1ccc(-c2cnc(Nc3cccc(Cl)c3)s2)cc1C(N)=O. The highest BCUT2D eigenvalue weighted by Gasteiger charge is 2.13. The first-order valence-corrected chi connectivity index (χ1v) is 9.81. The predicted octanol–water partition coefficient (Wildman–Crippen LogP) is 5.48. The van der Waals surface area contributed by atoms with Crippen molar-refractivity contribution in [2.45, 2.75) is 19.8 Å². The van der Waals surface area contributed by atoms with Crippen LogP contribution < -0.4 is 15.8 Å². The second-order valence-electron chi connectivity index (χ2n) is 5.94. The van der Waals surface area contributed by atoms with Gasteiger partial charge in [-0.2, -0.15) is 0 Å². The number of halogens is 1. The number of thiazole rings is 1. The van der Waals surface area contributed by atoms with E-state index in [9.17, 15) is 4.79 Å². The second-order valence-corrected chi connectivity index (χ2v) is 7.41. The maximum absolute atomic E-state index is 11.8. The Labute approximate surface area is 167 Å². The van der Waals surface area contributed by atoms with Gasteiger partial charge >= 0.3 is 0 Å². The van der Waals surface area contributed by atoms with E-state index in [2.05, 4.69) is 17.2 Å². The molecule has 27 heavy (non-hydrogen) atoms. The quantitative estimate of drug-likeness (QED) is 0.489. The minimum atomic E-state index is -0.509. The third kappa shape index (κ3) is 4.99. The number of amides is 1. The average Bonchev–Trinajstić information content (AvgIpc) is 3.10. The number of carbonyl (C=O) groups is 1. The zero-order valence-corrected chi connectivity index (χ0v) is 16.4. The summed E-state index contributed by atoms with van der Waals surface area (Å²) in [4.78, 5) is 17.1. The molecule has 0 saturated heterocycles. The maximum atomic E-state index is 11.8. The van der Waals surface area contributed by atoms with E-state index in [0.717, 1.165) is 34.1 Å². The molecule has 3 N–H and O–H groups in total. The van der Waals surface area contributed by atoms with Gasteiger partial charge in [0.05, 0.1) is 17.0 Å². The normalized spacial score (nSPS) is 10.6. The maximum Gasteiger partial charge on any atom is 0.252 e. The van der Waals surface area contributed by atoms with Gasteiger partial charge in [-0.1, -0.05) is 42.3 Å². The monoisotopic (exact) mass is 401 g/mol. The molecular weight excluding hydrogens is 382 g/mol. The van der Waals surface area contributed by atoms with Gasteiger partial charge < -0.3 is 15.8 Å². The minimum Gasteiger partial charge on any atom is -0.493 e. The molecule has 0 spiro atoms. The van der Waals surface area contributed by atoms with Crippen LogP contribution in [0, 0.1) is 0 Å². The number of hydrogen-bond donors (Lipinski definition) is 2. The number of primary amides is 1. The van der Waals surface area contributed by atoms with Gasteiger partial charge in [-0.3, -0.25) is 4.79 Å². The van der Waals surface area contributed by atoms with Crippen molar-refractivity contribution in [1.82, 2.24) is 4.98 Å². The van der Waals surface area contributed by atoms with Crippen molar-refractivity contribution in [3.05, 3.63) is 59.2 Å². The van der Waals surface area contributed by atoms with Gasteiger partial charge in [0.25, 0.3) is 5.91 Å². The molecule has 0 unspecified atom stereocenters.